The van der Waals surface area contributed by atoms with Gasteiger partial charge in [0, 0.05) is 40.6 Å². The number of halogens is 1. The number of Topliss-reactive ketones (excluding diaryl/α,β-unsaturated/α-hetero) is 1. The molecule has 25 heavy (non-hydrogen) atoms. The van der Waals surface area contributed by atoms with E-state index in [0.717, 1.165) is 35.9 Å². The number of thioether (sulfide) groups is 1. The van der Waals surface area contributed by atoms with Crippen LogP contribution in [0.3, 0.4) is 0 Å². The number of carbonyl (C=O) groups is 1. The van der Waals surface area contributed by atoms with Crippen LogP contribution >= 0.6 is 27.7 Å². The van der Waals surface area contributed by atoms with Gasteiger partial charge in [-0.1, -0.05) is 6.08 Å². The summed E-state index contributed by atoms with van der Waals surface area (Å²) in [5, 5.41) is 16.4. The van der Waals surface area contributed by atoms with Crippen LogP contribution in [0.1, 0.15) is 24.8 Å². The van der Waals surface area contributed by atoms with Gasteiger partial charge in [0.2, 0.25) is 0 Å². The number of phenolic OH excluding ortho intramolecular Hbond substituents is 1. The van der Waals surface area contributed by atoms with Gasteiger partial charge < -0.3 is 10.4 Å². The summed E-state index contributed by atoms with van der Waals surface area (Å²) in [6.07, 6.45) is 6.25. The Bertz CT molecular complexity index is 1080. The molecule has 1 unspecified atom stereocenters. The highest BCUT2D eigenvalue weighted by Crippen LogP contribution is 2.57. The predicted molar refractivity (Wildman–Crippen MR) is 102 cm³/mol. The molecule has 2 bridgehead atoms. The molecule has 1 aromatic carbocycles. The van der Waals surface area contributed by atoms with Crippen LogP contribution in [-0.2, 0) is 10.2 Å². The van der Waals surface area contributed by atoms with Crippen LogP contribution in [0, 0.1) is 0 Å². The Balaban J connectivity index is 1.79. The third kappa shape index (κ3) is 1.64. The quantitative estimate of drug-likeness (QED) is 0.635. The molecule has 0 saturated carbocycles. The number of ketones is 1. The zero-order chi connectivity index (χ0) is 16.9. The van der Waals surface area contributed by atoms with Crippen molar-refractivity contribution in [3.05, 3.63) is 26.7 Å². The number of fused-ring (bicyclic) bond motifs is 3. The summed E-state index contributed by atoms with van der Waals surface area (Å²) >= 11 is 5.24. The van der Waals surface area contributed by atoms with E-state index in [1.807, 2.05) is 6.21 Å². The number of nitrogens with one attached hydrogen (secondary N) is 1. The molecule has 1 aromatic rings. The minimum Gasteiger partial charge on any atom is -0.504 e. The monoisotopic (exact) mass is 415 g/mol. The molecule has 4 aliphatic heterocycles. The third-order valence-electron chi connectivity index (χ3n) is 5.96. The first-order chi connectivity index (χ1) is 12.1. The van der Waals surface area contributed by atoms with Crippen LogP contribution in [0.5, 0.6) is 5.75 Å². The van der Waals surface area contributed by atoms with Crippen LogP contribution in [0.15, 0.2) is 20.5 Å². The zero-order valence-corrected chi connectivity index (χ0v) is 15.6. The number of hydrogen-bond acceptors (Lipinski definition) is 6. The highest BCUT2D eigenvalue weighted by Gasteiger charge is 2.55. The van der Waals surface area contributed by atoms with Gasteiger partial charge in [0.1, 0.15) is 11.0 Å². The van der Waals surface area contributed by atoms with Gasteiger partial charge in [-0.3, -0.25) is 14.8 Å². The van der Waals surface area contributed by atoms with E-state index in [1.165, 1.54) is 5.57 Å². The molecule has 1 saturated heterocycles. The second-order valence-corrected chi connectivity index (χ2v) is 9.44. The summed E-state index contributed by atoms with van der Waals surface area (Å²) < 4.78 is 0.654. The molecule has 4 heterocycles. The van der Waals surface area contributed by atoms with Crippen molar-refractivity contribution >= 4 is 56.6 Å². The summed E-state index contributed by atoms with van der Waals surface area (Å²) in [5.74, 6) is 0.343. The van der Waals surface area contributed by atoms with Crippen molar-refractivity contribution in [1.29, 1.82) is 0 Å². The maximum absolute atomic E-state index is 12.3. The summed E-state index contributed by atoms with van der Waals surface area (Å²) in [5.41, 5.74) is 3.68. The van der Waals surface area contributed by atoms with Crippen molar-refractivity contribution in [3.63, 3.8) is 0 Å². The van der Waals surface area contributed by atoms with Gasteiger partial charge in [0.25, 0.3) is 0 Å². The van der Waals surface area contributed by atoms with Crippen molar-refractivity contribution in [1.82, 2.24) is 0 Å². The number of carbonyl (C=O) groups excluding carboxylic acids is 1. The molecule has 1 aliphatic carbocycles. The predicted octanol–water partition coefficient (Wildman–Crippen LogP) is 2.03. The summed E-state index contributed by atoms with van der Waals surface area (Å²) in [7, 11) is 0. The first-order valence-electron chi connectivity index (χ1n) is 8.44. The molecular formula is C18H14BrN3O2S. The Hall–Kier alpha value is -1.60. The number of rotatable bonds is 0. The first-order valence-corrected chi connectivity index (χ1v) is 10.2. The molecule has 5 aliphatic rings. The Morgan fingerprint density at radius 1 is 1.44 bits per heavy atom. The van der Waals surface area contributed by atoms with Gasteiger partial charge in [-0.15, -0.1) is 11.8 Å². The van der Waals surface area contributed by atoms with Crippen LogP contribution in [0.25, 0.3) is 5.57 Å². The van der Waals surface area contributed by atoms with Crippen molar-refractivity contribution in [2.45, 2.75) is 35.3 Å². The molecule has 0 radical (unpaired) electrons. The fourth-order valence-corrected chi connectivity index (χ4v) is 7.17. The van der Waals surface area contributed by atoms with Gasteiger partial charge in [0.15, 0.2) is 11.5 Å². The molecule has 1 spiro atoms. The number of anilines is 1. The second kappa shape index (κ2) is 4.57. The molecule has 0 aromatic heterocycles. The largest absolute Gasteiger partial charge is 0.504 e. The summed E-state index contributed by atoms with van der Waals surface area (Å²) in [6, 6.07) is 0. The van der Waals surface area contributed by atoms with Crippen LogP contribution < -0.4 is 15.9 Å². The van der Waals surface area contributed by atoms with Crippen molar-refractivity contribution in [2.24, 2.45) is 9.98 Å². The summed E-state index contributed by atoms with van der Waals surface area (Å²) in [4.78, 5) is 21.6. The highest BCUT2D eigenvalue weighted by atomic mass is 79.9. The molecular weight excluding hydrogens is 402 g/mol. The minimum absolute atomic E-state index is 0.0773. The van der Waals surface area contributed by atoms with Crippen molar-refractivity contribution in [2.75, 3.05) is 11.9 Å². The van der Waals surface area contributed by atoms with Crippen molar-refractivity contribution in [3.8, 4) is 5.75 Å². The molecule has 6 rings (SSSR count). The lowest BCUT2D eigenvalue weighted by Gasteiger charge is -2.38. The number of benzene rings is 1. The number of aromatic hydroxyl groups is 1. The molecule has 2 N–H and O–H groups in total. The maximum Gasteiger partial charge on any atom is 0.170 e. The van der Waals surface area contributed by atoms with Gasteiger partial charge in [-0.25, -0.2) is 0 Å². The number of allylic oxidation sites excluding steroid dienone is 2. The lowest BCUT2D eigenvalue weighted by atomic mass is 9.68. The third-order valence-corrected chi connectivity index (χ3v) is 8.13. The van der Waals surface area contributed by atoms with Crippen LogP contribution in [0.4, 0.5) is 11.4 Å². The number of phenols is 1. The average Bonchev–Trinajstić information content (AvgIpc) is 3.13. The van der Waals surface area contributed by atoms with E-state index in [9.17, 15) is 9.90 Å². The van der Waals surface area contributed by atoms with Gasteiger partial charge in [-0.05, 0) is 34.3 Å². The van der Waals surface area contributed by atoms with E-state index in [0.29, 0.717) is 21.9 Å². The van der Waals surface area contributed by atoms with E-state index in [-0.39, 0.29) is 27.6 Å². The fourth-order valence-electron chi connectivity index (χ4n) is 4.91. The van der Waals surface area contributed by atoms with Crippen LogP contribution in [-0.4, -0.2) is 34.3 Å². The molecule has 3 atom stereocenters. The Morgan fingerprint density at radius 2 is 2.32 bits per heavy atom. The van der Waals surface area contributed by atoms with Gasteiger partial charge >= 0.3 is 0 Å². The fraction of sp³-hybridized carbons (Fsp3) is 0.389. The average molecular weight is 416 g/mol. The molecule has 126 valence electrons. The molecule has 0 amide bonds. The number of hydrogen-bond donors (Lipinski definition) is 2. The number of aliphatic imine (C=N–C) groups is 1. The number of nitrogens with zero attached hydrogens (tertiary/aromatic N) is 2. The zero-order valence-electron chi connectivity index (χ0n) is 13.2. The topological polar surface area (TPSA) is 74.0 Å². The van der Waals surface area contributed by atoms with E-state index in [4.69, 9.17) is 4.99 Å². The Morgan fingerprint density at radius 3 is 3.20 bits per heavy atom. The van der Waals surface area contributed by atoms with Crippen LogP contribution in [0.2, 0.25) is 0 Å². The van der Waals surface area contributed by atoms with E-state index >= 15 is 0 Å². The van der Waals surface area contributed by atoms with Crippen molar-refractivity contribution < 1.29 is 9.90 Å². The smallest absolute Gasteiger partial charge is 0.170 e. The van der Waals surface area contributed by atoms with E-state index < -0.39 is 0 Å². The molecule has 1 fully saturated rings. The molecule has 5 nitrogen and oxygen atoms in total. The highest BCUT2D eigenvalue weighted by molar-refractivity contribution is 9.12. The standard InChI is InChI=1S/C18H14BrN3O2S/c19-8-4-18-5-11(25-10(18)3-9(8)23)22-16-13(18)14-12-7(1-2-20-14)6-21-15(12)17(16)24/h4,6,10-11,20,24H,1-3,5H2/t10-,11-,18?/m1/s1. The van der Waals surface area contributed by atoms with E-state index in [2.05, 4.69) is 32.3 Å². The normalized spacial score (nSPS) is 33.2. The van der Waals surface area contributed by atoms with E-state index in [1.54, 1.807) is 11.8 Å². The lowest BCUT2D eigenvalue weighted by molar-refractivity contribution is -0.115. The second-order valence-electron chi connectivity index (χ2n) is 7.20. The van der Waals surface area contributed by atoms with Gasteiger partial charge in [0.05, 0.1) is 15.5 Å². The SMILES string of the molecule is O=C1C[C@H]2S[C@@H]3CC2(C=C1Br)c1c2c4c(c(O)c1=N3)N=CC=4CCN2. The lowest BCUT2D eigenvalue weighted by Crippen LogP contribution is -2.45. The minimum atomic E-state index is -0.265. The Kier molecular flexibility index (Phi) is 2.66. The van der Waals surface area contributed by atoms with Gasteiger partial charge in [-0.2, -0.15) is 0 Å². The summed E-state index contributed by atoms with van der Waals surface area (Å²) in [6.45, 7) is 0.853. The maximum atomic E-state index is 12.3. The Labute approximate surface area is 156 Å². The first kappa shape index (κ1) is 14.6. The molecule has 7 heteroatoms.